The van der Waals surface area contributed by atoms with Crippen LogP contribution in [-0.2, 0) is 4.74 Å². The summed E-state index contributed by atoms with van der Waals surface area (Å²) in [4.78, 5) is 2.52. The second kappa shape index (κ2) is 8.70. The van der Waals surface area contributed by atoms with E-state index in [2.05, 4.69) is 78.6 Å². The number of methoxy groups -OCH3 is 1. The molecule has 1 fully saturated rings. The number of rotatable bonds is 5. The van der Waals surface area contributed by atoms with Crippen molar-refractivity contribution in [3.8, 4) is 5.75 Å². The number of hydrogen-bond donors (Lipinski definition) is 0. The summed E-state index contributed by atoms with van der Waals surface area (Å²) in [5, 5.41) is 2.38. The highest BCUT2D eigenvalue weighted by molar-refractivity contribution is 6.08. The molecule has 0 N–H and O–H groups in total. The second-order valence-electron chi connectivity index (χ2n) is 8.31. The highest BCUT2D eigenvalue weighted by atomic mass is 16.5. The summed E-state index contributed by atoms with van der Waals surface area (Å²) >= 11 is 0. The van der Waals surface area contributed by atoms with E-state index in [-0.39, 0.29) is 0 Å². The zero-order valence-corrected chi connectivity index (χ0v) is 18.4. The molecule has 0 aromatic heterocycles. The molecule has 1 aliphatic heterocycles. The van der Waals surface area contributed by atoms with E-state index < -0.39 is 0 Å². The molecule has 1 aliphatic carbocycles. The molecular weight excluding hydrogens is 382 g/mol. The average molecular weight is 412 g/mol. The monoisotopic (exact) mass is 411 g/mol. The lowest BCUT2D eigenvalue weighted by Gasteiger charge is -2.26. The Balaban J connectivity index is 1.55. The summed E-state index contributed by atoms with van der Waals surface area (Å²) < 4.78 is 11.1. The van der Waals surface area contributed by atoms with Gasteiger partial charge < -0.3 is 9.47 Å². The number of allylic oxidation sites excluding steroid dienone is 2. The first-order valence-electron chi connectivity index (χ1n) is 11.1. The minimum absolute atomic E-state index is 0.852. The molecule has 0 radical (unpaired) electrons. The Bertz CT molecular complexity index is 1170. The maximum atomic E-state index is 5.59. The molecule has 0 saturated carbocycles. The van der Waals surface area contributed by atoms with Gasteiger partial charge in [0.1, 0.15) is 5.75 Å². The fourth-order valence-electron chi connectivity index (χ4n) is 4.90. The maximum Gasteiger partial charge on any atom is 0.126 e. The molecule has 3 aromatic rings. The Kier molecular flexibility index (Phi) is 5.63. The molecule has 3 nitrogen and oxygen atoms in total. The van der Waals surface area contributed by atoms with E-state index in [4.69, 9.17) is 9.47 Å². The fraction of sp³-hybridized carbons (Fsp3) is 0.286. The lowest BCUT2D eigenvalue weighted by molar-refractivity contribution is 0.0390. The lowest BCUT2D eigenvalue weighted by Crippen LogP contribution is -2.36. The molecule has 2 aliphatic rings. The van der Waals surface area contributed by atoms with Crippen molar-refractivity contribution < 1.29 is 9.47 Å². The molecule has 1 saturated heterocycles. The quantitative estimate of drug-likeness (QED) is 0.522. The van der Waals surface area contributed by atoms with E-state index in [1.807, 2.05) is 0 Å². The molecule has 5 rings (SSSR count). The molecule has 0 spiro atoms. The van der Waals surface area contributed by atoms with Crippen molar-refractivity contribution in [3.63, 3.8) is 0 Å². The first-order chi connectivity index (χ1) is 15.3. The molecule has 3 aromatic carbocycles. The van der Waals surface area contributed by atoms with Gasteiger partial charge in [0.15, 0.2) is 0 Å². The van der Waals surface area contributed by atoms with Gasteiger partial charge in [0.05, 0.1) is 20.3 Å². The number of fused-ring (bicyclic) bond motifs is 2. The van der Waals surface area contributed by atoms with Gasteiger partial charge in [-0.25, -0.2) is 0 Å². The fourth-order valence-corrected chi connectivity index (χ4v) is 4.90. The van der Waals surface area contributed by atoms with Crippen LogP contribution in [0.3, 0.4) is 0 Å². The van der Waals surface area contributed by atoms with E-state index in [1.54, 1.807) is 7.11 Å². The van der Waals surface area contributed by atoms with Crippen molar-refractivity contribution in [3.05, 3.63) is 82.9 Å². The largest absolute Gasteiger partial charge is 0.496 e. The van der Waals surface area contributed by atoms with Gasteiger partial charge in [0, 0.05) is 25.0 Å². The summed E-state index contributed by atoms with van der Waals surface area (Å²) in [7, 11) is 1.74. The Morgan fingerprint density at radius 3 is 2.39 bits per heavy atom. The van der Waals surface area contributed by atoms with Gasteiger partial charge in [0.25, 0.3) is 0 Å². The molecule has 3 heteroatoms. The van der Waals surface area contributed by atoms with Crippen LogP contribution in [0.15, 0.2) is 66.2 Å². The van der Waals surface area contributed by atoms with Gasteiger partial charge in [-0.2, -0.15) is 0 Å². The van der Waals surface area contributed by atoms with Crippen molar-refractivity contribution in [1.82, 2.24) is 4.90 Å². The van der Waals surface area contributed by atoms with E-state index >= 15 is 0 Å². The predicted octanol–water partition coefficient (Wildman–Crippen LogP) is 5.90. The van der Waals surface area contributed by atoms with Crippen LogP contribution < -0.4 is 4.74 Å². The van der Waals surface area contributed by atoms with Crippen molar-refractivity contribution in [1.29, 1.82) is 0 Å². The summed E-state index contributed by atoms with van der Waals surface area (Å²) in [6.07, 6.45) is 3.43. The first-order valence-corrected chi connectivity index (χ1v) is 11.1. The topological polar surface area (TPSA) is 21.7 Å². The van der Waals surface area contributed by atoms with Crippen LogP contribution in [0.5, 0.6) is 5.75 Å². The minimum Gasteiger partial charge on any atom is -0.496 e. The Hall–Kier alpha value is -2.88. The second-order valence-corrected chi connectivity index (χ2v) is 8.31. The number of morpholine rings is 1. The molecule has 0 unspecified atom stereocenters. The van der Waals surface area contributed by atoms with E-state index in [9.17, 15) is 0 Å². The molecule has 0 amide bonds. The molecule has 1 heterocycles. The summed E-state index contributed by atoms with van der Waals surface area (Å²) in [6.45, 7) is 7.15. The first kappa shape index (κ1) is 20.0. The zero-order chi connectivity index (χ0) is 21.2. The molecule has 31 heavy (non-hydrogen) atoms. The van der Waals surface area contributed by atoms with Crippen LogP contribution in [0.1, 0.15) is 30.0 Å². The van der Waals surface area contributed by atoms with Crippen LogP contribution in [-0.4, -0.2) is 44.9 Å². The summed E-state index contributed by atoms with van der Waals surface area (Å²) in [5.74, 6) is 0.919. The van der Waals surface area contributed by atoms with Gasteiger partial charge in [-0.15, -0.1) is 0 Å². The zero-order valence-electron chi connectivity index (χ0n) is 18.4. The van der Waals surface area contributed by atoms with E-state index in [0.29, 0.717) is 0 Å². The van der Waals surface area contributed by atoms with Crippen LogP contribution in [0, 0.1) is 0 Å². The number of nitrogens with zero attached hydrogens (tertiary/aromatic N) is 1. The van der Waals surface area contributed by atoms with Crippen LogP contribution in [0.2, 0.25) is 0 Å². The number of ether oxygens (including phenoxy) is 2. The van der Waals surface area contributed by atoms with Gasteiger partial charge in [0.2, 0.25) is 0 Å². The van der Waals surface area contributed by atoms with Gasteiger partial charge in [-0.1, -0.05) is 54.6 Å². The van der Waals surface area contributed by atoms with E-state index in [0.717, 1.165) is 50.4 Å². The lowest BCUT2D eigenvalue weighted by atomic mass is 9.97. The van der Waals surface area contributed by atoms with Crippen LogP contribution >= 0.6 is 0 Å². The SMILES string of the molecule is COc1ccc(/C=C2\C(C)=C(CCN3CCOCC3)c3ccccc32)c2ccccc12. The van der Waals surface area contributed by atoms with Crippen LogP contribution in [0.25, 0.3) is 28.0 Å². The van der Waals surface area contributed by atoms with Crippen molar-refractivity contribution >= 4 is 28.0 Å². The van der Waals surface area contributed by atoms with Crippen LogP contribution in [0.4, 0.5) is 0 Å². The Labute approximate surface area is 184 Å². The standard InChI is InChI=1S/C28H29NO2/c1-20-22(13-14-29-15-17-31-18-16-29)24-8-4-5-9-25(24)27(20)19-21-11-12-28(30-2)26-10-6-3-7-23(21)26/h3-12,19H,13-18H2,1-2H3/b27-19+. The highest BCUT2D eigenvalue weighted by Gasteiger charge is 2.24. The smallest absolute Gasteiger partial charge is 0.126 e. The van der Waals surface area contributed by atoms with Gasteiger partial charge >= 0.3 is 0 Å². The third-order valence-corrected chi connectivity index (χ3v) is 6.62. The summed E-state index contributed by atoms with van der Waals surface area (Å²) in [5.41, 5.74) is 8.17. The molecule has 0 atom stereocenters. The maximum absolute atomic E-state index is 5.59. The van der Waals surface area contributed by atoms with Gasteiger partial charge in [-0.3, -0.25) is 4.90 Å². The average Bonchev–Trinajstić information content (AvgIpc) is 3.09. The third-order valence-electron chi connectivity index (χ3n) is 6.62. The highest BCUT2D eigenvalue weighted by Crippen LogP contribution is 2.44. The third kappa shape index (κ3) is 3.80. The van der Waals surface area contributed by atoms with Crippen molar-refractivity contribution in [2.75, 3.05) is 40.0 Å². The molecule has 0 bridgehead atoms. The Morgan fingerprint density at radius 2 is 1.61 bits per heavy atom. The van der Waals surface area contributed by atoms with Gasteiger partial charge in [-0.05, 0) is 64.3 Å². The van der Waals surface area contributed by atoms with Crippen molar-refractivity contribution in [2.24, 2.45) is 0 Å². The molecular formula is C28H29NO2. The Morgan fingerprint density at radius 1 is 0.903 bits per heavy atom. The van der Waals surface area contributed by atoms with E-state index in [1.165, 1.54) is 38.8 Å². The number of benzene rings is 3. The number of hydrogen-bond acceptors (Lipinski definition) is 3. The predicted molar refractivity (Wildman–Crippen MR) is 129 cm³/mol. The molecule has 158 valence electrons. The normalized spacial score (nSPS) is 18.1. The minimum atomic E-state index is 0.852. The van der Waals surface area contributed by atoms with Crippen molar-refractivity contribution in [2.45, 2.75) is 13.3 Å². The summed E-state index contributed by atoms with van der Waals surface area (Å²) in [6, 6.07) is 21.6.